The Hall–Kier alpha value is -2.02. The molecule has 1 aromatic carbocycles. The van der Waals surface area contributed by atoms with Gasteiger partial charge < -0.3 is 10.6 Å². The summed E-state index contributed by atoms with van der Waals surface area (Å²) < 4.78 is 26.4. The number of carbonyl (C=O) groups excluding carboxylic acids is 1. The summed E-state index contributed by atoms with van der Waals surface area (Å²) in [6.07, 6.45) is 1.36. The lowest BCUT2D eigenvalue weighted by molar-refractivity contribution is 0.0782. The van der Waals surface area contributed by atoms with Crippen LogP contribution in [0.3, 0.4) is 0 Å². The van der Waals surface area contributed by atoms with Gasteiger partial charge in [-0.15, -0.1) is 11.3 Å². The lowest BCUT2D eigenvalue weighted by Gasteiger charge is -2.15. The minimum Gasteiger partial charge on any atom is -0.375 e. The molecule has 0 radical (unpaired) electrons. The van der Waals surface area contributed by atoms with E-state index in [1.165, 1.54) is 23.5 Å². The molecule has 1 saturated heterocycles. The zero-order valence-corrected chi connectivity index (χ0v) is 12.6. The molecule has 1 aromatic heterocycles. The van der Waals surface area contributed by atoms with Gasteiger partial charge in [0.2, 0.25) is 0 Å². The number of hydrogen-bond acceptors (Lipinski definition) is 4. The van der Waals surface area contributed by atoms with Crippen molar-refractivity contribution in [3.05, 3.63) is 46.5 Å². The second kappa shape index (κ2) is 6.00. The summed E-state index contributed by atoms with van der Waals surface area (Å²) in [4.78, 5) is 18.0. The number of aromatic nitrogens is 1. The summed E-state index contributed by atoms with van der Waals surface area (Å²) in [5.41, 5.74) is 6.52. The number of nitrogens with zero attached hydrogens (tertiary/aromatic N) is 2. The molecule has 3 rings (SSSR count). The molecule has 22 heavy (non-hydrogen) atoms. The summed E-state index contributed by atoms with van der Waals surface area (Å²) >= 11 is 1.23. The van der Waals surface area contributed by atoms with Crippen LogP contribution in [0.5, 0.6) is 0 Å². The molecular weight excluding hydrogens is 308 g/mol. The van der Waals surface area contributed by atoms with Crippen molar-refractivity contribution in [1.82, 2.24) is 9.88 Å². The van der Waals surface area contributed by atoms with Crippen molar-refractivity contribution in [1.29, 1.82) is 0 Å². The van der Waals surface area contributed by atoms with Crippen LogP contribution in [0, 0.1) is 17.6 Å². The van der Waals surface area contributed by atoms with Crippen LogP contribution in [0.1, 0.15) is 22.5 Å². The molecular formula is C15H15F2N3OS. The SMILES string of the molecule is Nc1nc(C(=O)N2CCC(Cc3cc(F)cc(F)c3)C2)cs1. The Kier molecular flexibility index (Phi) is 4.06. The first-order chi connectivity index (χ1) is 10.5. The Balaban J connectivity index is 1.63. The largest absolute Gasteiger partial charge is 0.375 e. The van der Waals surface area contributed by atoms with Gasteiger partial charge in [0.25, 0.3) is 5.91 Å². The van der Waals surface area contributed by atoms with E-state index in [1.807, 2.05) is 0 Å². The maximum Gasteiger partial charge on any atom is 0.273 e. The van der Waals surface area contributed by atoms with Gasteiger partial charge in [-0.1, -0.05) is 0 Å². The van der Waals surface area contributed by atoms with Crippen LogP contribution in [0.25, 0.3) is 0 Å². The van der Waals surface area contributed by atoms with E-state index in [4.69, 9.17) is 5.73 Å². The molecule has 0 bridgehead atoms. The first-order valence-corrected chi connectivity index (χ1v) is 7.84. The first-order valence-electron chi connectivity index (χ1n) is 6.96. The fourth-order valence-electron chi connectivity index (χ4n) is 2.79. The summed E-state index contributed by atoms with van der Waals surface area (Å²) in [5.74, 6) is -1.08. The number of hydrogen-bond donors (Lipinski definition) is 1. The number of halogens is 2. The maximum atomic E-state index is 13.2. The van der Waals surface area contributed by atoms with Gasteiger partial charge >= 0.3 is 0 Å². The average Bonchev–Trinajstić information content (AvgIpc) is 3.06. The molecule has 1 aliphatic rings. The zero-order valence-electron chi connectivity index (χ0n) is 11.8. The Morgan fingerprint density at radius 2 is 2.09 bits per heavy atom. The van der Waals surface area contributed by atoms with Crippen molar-refractivity contribution >= 4 is 22.4 Å². The zero-order chi connectivity index (χ0) is 15.7. The predicted molar refractivity (Wildman–Crippen MR) is 80.6 cm³/mol. The van der Waals surface area contributed by atoms with Gasteiger partial charge in [-0.3, -0.25) is 4.79 Å². The monoisotopic (exact) mass is 323 g/mol. The van der Waals surface area contributed by atoms with E-state index in [2.05, 4.69) is 4.98 Å². The number of benzene rings is 1. The molecule has 116 valence electrons. The minimum absolute atomic E-state index is 0.138. The third-order valence-electron chi connectivity index (χ3n) is 3.76. The van der Waals surface area contributed by atoms with E-state index in [0.29, 0.717) is 35.9 Å². The van der Waals surface area contributed by atoms with Crippen molar-refractivity contribution in [2.75, 3.05) is 18.8 Å². The number of amides is 1. The maximum absolute atomic E-state index is 13.2. The smallest absolute Gasteiger partial charge is 0.273 e. The highest BCUT2D eigenvalue weighted by molar-refractivity contribution is 7.13. The van der Waals surface area contributed by atoms with Gasteiger partial charge in [-0.05, 0) is 36.5 Å². The Morgan fingerprint density at radius 3 is 2.73 bits per heavy atom. The number of nitrogen functional groups attached to an aromatic ring is 1. The molecule has 0 saturated carbocycles. The van der Waals surface area contributed by atoms with Crippen LogP contribution in [-0.2, 0) is 6.42 Å². The van der Waals surface area contributed by atoms with Gasteiger partial charge in [-0.2, -0.15) is 0 Å². The number of thiazole rings is 1. The number of rotatable bonds is 3. The van der Waals surface area contributed by atoms with E-state index in [1.54, 1.807) is 10.3 Å². The highest BCUT2D eigenvalue weighted by Crippen LogP contribution is 2.24. The van der Waals surface area contributed by atoms with Gasteiger partial charge in [0, 0.05) is 24.5 Å². The Labute approximate surface area is 130 Å². The molecule has 1 atom stereocenters. The first kappa shape index (κ1) is 14.9. The van der Waals surface area contributed by atoms with Gasteiger partial charge in [0.1, 0.15) is 17.3 Å². The van der Waals surface area contributed by atoms with Crippen molar-refractivity contribution in [2.24, 2.45) is 5.92 Å². The number of anilines is 1. The molecule has 1 unspecified atom stereocenters. The lowest BCUT2D eigenvalue weighted by atomic mass is 9.98. The molecule has 2 N–H and O–H groups in total. The van der Waals surface area contributed by atoms with Crippen LogP contribution in [-0.4, -0.2) is 28.9 Å². The van der Waals surface area contributed by atoms with Gasteiger partial charge in [-0.25, -0.2) is 13.8 Å². The van der Waals surface area contributed by atoms with Crippen LogP contribution < -0.4 is 5.73 Å². The highest BCUT2D eigenvalue weighted by atomic mass is 32.1. The predicted octanol–water partition coefficient (Wildman–Crippen LogP) is 2.71. The molecule has 0 aliphatic carbocycles. The van der Waals surface area contributed by atoms with E-state index in [0.717, 1.165) is 12.5 Å². The van der Waals surface area contributed by atoms with Crippen LogP contribution in [0.15, 0.2) is 23.6 Å². The quantitative estimate of drug-likeness (QED) is 0.945. The molecule has 2 aromatic rings. The van der Waals surface area contributed by atoms with Crippen molar-refractivity contribution in [3.63, 3.8) is 0 Å². The normalized spacial score (nSPS) is 17.9. The summed E-state index contributed by atoms with van der Waals surface area (Å²) in [5, 5.41) is 2.02. The van der Waals surface area contributed by atoms with E-state index in [9.17, 15) is 13.6 Å². The van der Waals surface area contributed by atoms with Gasteiger partial charge in [0.05, 0.1) is 0 Å². The topological polar surface area (TPSA) is 59.2 Å². The third-order valence-corrected chi connectivity index (χ3v) is 4.43. The molecule has 2 heterocycles. The number of nitrogens with two attached hydrogens (primary N) is 1. The lowest BCUT2D eigenvalue weighted by Crippen LogP contribution is -2.29. The third kappa shape index (κ3) is 3.24. The summed E-state index contributed by atoms with van der Waals surface area (Å²) in [6, 6.07) is 3.55. The Morgan fingerprint density at radius 1 is 1.36 bits per heavy atom. The fraction of sp³-hybridized carbons (Fsp3) is 0.333. The van der Waals surface area contributed by atoms with Crippen LogP contribution in [0.4, 0.5) is 13.9 Å². The number of carbonyl (C=O) groups is 1. The summed E-state index contributed by atoms with van der Waals surface area (Å²) in [7, 11) is 0. The number of likely N-dealkylation sites (tertiary alicyclic amines) is 1. The van der Waals surface area contributed by atoms with Crippen molar-refractivity contribution < 1.29 is 13.6 Å². The molecule has 0 spiro atoms. The molecule has 1 amide bonds. The average molecular weight is 323 g/mol. The standard InChI is InChI=1S/C15H15F2N3OS/c16-11-4-10(5-12(17)6-11)3-9-1-2-20(7-9)14(21)13-8-22-15(18)19-13/h4-6,8-9H,1-3,7H2,(H2,18,19). The molecule has 1 fully saturated rings. The Bertz CT molecular complexity index is 684. The van der Waals surface area contributed by atoms with Gasteiger partial charge in [0.15, 0.2) is 5.13 Å². The van der Waals surface area contributed by atoms with Crippen LogP contribution in [0.2, 0.25) is 0 Å². The second-order valence-electron chi connectivity index (χ2n) is 5.46. The molecule has 7 heteroatoms. The fourth-order valence-corrected chi connectivity index (χ4v) is 3.33. The van der Waals surface area contributed by atoms with Crippen molar-refractivity contribution in [2.45, 2.75) is 12.8 Å². The van der Waals surface area contributed by atoms with E-state index in [-0.39, 0.29) is 11.8 Å². The van der Waals surface area contributed by atoms with E-state index < -0.39 is 11.6 Å². The van der Waals surface area contributed by atoms with Crippen molar-refractivity contribution in [3.8, 4) is 0 Å². The summed E-state index contributed by atoms with van der Waals surface area (Å²) in [6.45, 7) is 1.19. The molecule has 1 aliphatic heterocycles. The molecule has 4 nitrogen and oxygen atoms in total. The minimum atomic E-state index is -0.570. The van der Waals surface area contributed by atoms with Crippen LogP contribution >= 0.6 is 11.3 Å². The second-order valence-corrected chi connectivity index (χ2v) is 6.35. The highest BCUT2D eigenvalue weighted by Gasteiger charge is 2.28. The van der Waals surface area contributed by atoms with E-state index >= 15 is 0 Å².